The Labute approximate surface area is 110 Å². The summed E-state index contributed by atoms with van der Waals surface area (Å²) in [4.78, 5) is 10.8. The number of piperidine rings is 1. The van der Waals surface area contributed by atoms with Crippen LogP contribution in [0.2, 0.25) is 0 Å². The first-order chi connectivity index (χ1) is 8.41. The van der Waals surface area contributed by atoms with Gasteiger partial charge in [-0.25, -0.2) is 13.2 Å². The van der Waals surface area contributed by atoms with E-state index < -0.39 is 16.0 Å². The van der Waals surface area contributed by atoms with E-state index in [9.17, 15) is 13.2 Å². The predicted octanol–water partition coefficient (Wildman–Crippen LogP) is 1.87. The number of carbonyl (C=O) groups is 1. The molecular weight excluding hydrogens is 274 g/mol. The summed E-state index contributed by atoms with van der Waals surface area (Å²) in [5.74, 6) is -0.743. The van der Waals surface area contributed by atoms with E-state index in [1.54, 1.807) is 0 Å². The van der Waals surface area contributed by atoms with Crippen molar-refractivity contribution in [3.63, 3.8) is 0 Å². The standard InChI is InChI=1S/C11H15NO4S2/c1-8-3-2-4-12(6-8)18(15,16)10-5-9(7-17-10)11(13)14/h5,7-8H,2-4,6H2,1H3,(H,13,14)/t8-/m0/s1. The number of carboxylic acids is 1. The molecule has 1 saturated heterocycles. The average Bonchev–Trinajstić information content (AvgIpc) is 2.79. The van der Waals surface area contributed by atoms with Gasteiger partial charge in [0.05, 0.1) is 5.56 Å². The number of sulfonamides is 1. The van der Waals surface area contributed by atoms with Gasteiger partial charge >= 0.3 is 5.97 Å². The van der Waals surface area contributed by atoms with E-state index in [0.717, 1.165) is 24.2 Å². The lowest BCUT2D eigenvalue weighted by Crippen LogP contribution is -2.38. The molecule has 1 aromatic heterocycles. The smallest absolute Gasteiger partial charge is 0.336 e. The molecular formula is C11H15NO4S2. The van der Waals surface area contributed by atoms with Crippen molar-refractivity contribution in [2.24, 2.45) is 5.92 Å². The zero-order valence-corrected chi connectivity index (χ0v) is 11.6. The summed E-state index contributed by atoms with van der Waals surface area (Å²) < 4.78 is 26.2. The highest BCUT2D eigenvalue weighted by molar-refractivity contribution is 7.91. The Kier molecular flexibility index (Phi) is 3.74. The van der Waals surface area contributed by atoms with E-state index in [4.69, 9.17) is 5.11 Å². The molecule has 1 N–H and O–H groups in total. The van der Waals surface area contributed by atoms with Gasteiger partial charge in [0.25, 0.3) is 10.0 Å². The number of carboxylic acid groups (broad SMARTS) is 1. The van der Waals surface area contributed by atoms with Crippen molar-refractivity contribution in [3.8, 4) is 0 Å². The molecule has 1 aliphatic heterocycles. The van der Waals surface area contributed by atoms with Gasteiger partial charge in [0.15, 0.2) is 0 Å². The van der Waals surface area contributed by atoms with Crippen LogP contribution < -0.4 is 0 Å². The summed E-state index contributed by atoms with van der Waals surface area (Å²) in [7, 11) is -3.52. The van der Waals surface area contributed by atoms with Crippen molar-refractivity contribution in [3.05, 3.63) is 17.0 Å². The fourth-order valence-corrected chi connectivity index (χ4v) is 4.96. The Morgan fingerprint density at radius 3 is 2.83 bits per heavy atom. The van der Waals surface area contributed by atoms with Crippen LogP contribution in [0.4, 0.5) is 0 Å². The summed E-state index contributed by atoms with van der Waals surface area (Å²) in [6.45, 7) is 3.06. The quantitative estimate of drug-likeness (QED) is 0.921. The number of thiophene rings is 1. The monoisotopic (exact) mass is 289 g/mol. The molecule has 1 aromatic rings. The summed E-state index contributed by atoms with van der Waals surface area (Å²) in [6, 6.07) is 1.24. The van der Waals surface area contributed by atoms with Crippen molar-refractivity contribution in [2.45, 2.75) is 24.0 Å². The molecule has 18 heavy (non-hydrogen) atoms. The topological polar surface area (TPSA) is 74.7 Å². The minimum absolute atomic E-state index is 0.0311. The Balaban J connectivity index is 2.26. The van der Waals surface area contributed by atoms with Gasteiger partial charge in [-0.15, -0.1) is 11.3 Å². The van der Waals surface area contributed by atoms with Gasteiger partial charge in [-0.1, -0.05) is 6.92 Å². The van der Waals surface area contributed by atoms with Gasteiger partial charge in [0.1, 0.15) is 4.21 Å². The lowest BCUT2D eigenvalue weighted by atomic mass is 10.0. The van der Waals surface area contributed by atoms with Crippen LogP contribution in [-0.2, 0) is 10.0 Å². The normalized spacial score (nSPS) is 21.9. The van der Waals surface area contributed by atoms with Crippen LogP contribution in [0.15, 0.2) is 15.7 Å². The second kappa shape index (κ2) is 4.99. The SMILES string of the molecule is C[C@H]1CCCN(S(=O)(=O)c2cc(C(=O)O)cs2)C1. The molecule has 0 spiro atoms. The third kappa shape index (κ3) is 2.57. The second-order valence-electron chi connectivity index (χ2n) is 4.57. The van der Waals surface area contributed by atoms with Crippen molar-refractivity contribution in [1.82, 2.24) is 4.31 Å². The van der Waals surface area contributed by atoms with E-state index in [-0.39, 0.29) is 9.77 Å². The fourth-order valence-electron chi connectivity index (χ4n) is 2.06. The minimum atomic E-state index is -3.52. The van der Waals surface area contributed by atoms with E-state index in [1.165, 1.54) is 15.8 Å². The number of hydrogen-bond acceptors (Lipinski definition) is 4. The minimum Gasteiger partial charge on any atom is -0.478 e. The van der Waals surface area contributed by atoms with Gasteiger partial charge < -0.3 is 5.11 Å². The van der Waals surface area contributed by atoms with Gasteiger partial charge in [0.2, 0.25) is 0 Å². The fraction of sp³-hybridized carbons (Fsp3) is 0.545. The molecule has 0 aromatic carbocycles. The zero-order chi connectivity index (χ0) is 13.3. The zero-order valence-electron chi connectivity index (χ0n) is 10.00. The van der Waals surface area contributed by atoms with Crippen LogP contribution in [0, 0.1) is 5.92 Å². The predicted molar refractivity (Wildman–Crippen MR) is 68.4 cm³/mol. The molecule has 0 bridgehead atoms. The molecule has 0 saturated carbocycles. The lowest BCUT2D eigenvalue weighted by Gasteiger charge is -2.29. The van der Waals surface area contributed by atoms with Gasteiger partial charge in [-0.2, -0.15) is 4.31 Å². The maximum absolute atomic E-state index is 12.3. The van der Waals surface area contributed by atoms with Gasteiger partial charge in [0, 0.05) is 18.5 Å². The summed E-state index contributed by atoms with van der Waals surface area (Å²) in [5, 5.41) is 10.2. The van der Waals surface area contributed by atoms with Crippen molar-refractivity contribution in [2.75, 3.05) is 13.1 Å². The molecule has 2 heterocycles. The van der Waals surface area contributed by atoms with E-state index in [2.05, 4.69) is 0 Å². The van der Waals surface area contributed by atoms with Crippen molar-refractivity contribution in [1.29, 1.82) is 0 Å². The van der Waals surface area contributed by atoms with Crippen LogP contribution in [0.25, 0.3) is 0 Å². The van der Waals surface area contributed by atoms with Crippen LogP contribution in [0.3, 0.4) is 0 Å². The highest BCUT2D eigenvalue weighted by Gasteiger charge is 2.30. The highest BCUT2D eigenvalue weighted by Crippen LogP contribution is 2.27. The molecule has 5 nitrogen and oxygen atoms in total. The molecule has 1 fully saturated rings. The first-order valence-corrected chi connectivity index (χ1v) is 8.05. The maximum Gasteiger partial charge on any atom is 0.336 e. The Morgan fingerprint density at radius 1 is 1.56 bits per heavy atom. The molecule has 0 radical (unpaired) electrons. The number of hydrogen-bond donors (Lipinski definition) is 1. The van der Waals surface area contributed by atoms with Crippen molar-refractivity contribution >= 4 is 27.3 Å². The third-order valence-corrected chi connectivity index (χ3v) is 6.32. The molecule has 0 aliphatic carbocycles. The number of aromatic carboxylic acids is 1. The van der Waals surface area contributed by atoms with Crippen LogP contribution in [0.5, 0.6) is 0 Å². The average molecular weight is 289 g/mol. The van der Waals surface area contributed by atoms with Crippen LogP contribution in [0.1, 0.15) is 30.1 Å². The first-order valence-electron chi connectivity index (χ1n) is 5.73. The van der Waals surface area contributed by atoms with E-state index >= 15 is 0 Å². The summed E-state index contributed by atoms with van der Waals surface area (Å²) >= 11 is 0.969. The summed E-state index contributed by atoms with van der Waals surface area (Å²) in [5.41, 5.74) is 0.0311. The number of rotatable bonds is 3. The second-order valence-corrected chi connectivity index (χ2v) is 7.65. The molecule has 100 valence electrons. The lowest BCUT2D eigenvalue weighted by molar-refractivity contribution is 0.0697. The molecule has 0 amide bonds. The third-order valence-electron chi connectivity index (χ3n) is 3.04. The van der Waals surface area contributed by atoms with Crippen molar-refractivity contribution < 1.29 is 18.3 Å². The van der Waals surface area contributed by atoms with E-state index in [0.29, 0.717) is 19.0 Å². The molecule has 2 rings (SSSR count). The van der Waals surface area contributed by atoms with Crippen LogP contribution >= 0.6 is 11.3 Å². The molecule has 0 unspecified atom stereocenters. The molecule has 7 heteroatoms. The first kappa shape index (κ1) is 13.5. The molecule has 1 aliphatic rings. The maximum atomic E-state index is 12.3. The number of nitrogens with zero attached hydrogens (tertiary/aromatic N) is 1. The Hall–Kier alpha value is -0.920. The summed E-state index contributed by atoms with van der Waals surface area (Å²) in [6.07, 6.45) is 1.90. The van der Waals surface area contributed by atoms with E-state index in [1.807, 2.05) is 6.92 Å². The largest absolute Gasteiger partial charge is 0.478 e. The Morgan fingerprint density at radius 2 is 2.28 bits per heavy atom. The highest BCUT2D eigenvalue weighted by atomic mass is 32.2. The molecule has 1 atom stereocenters. The van der Waals surface area contributed by atoms with Gasteiger partial charge in [-0.05, 0) is 24.8 Å². The Bertz CT molecular complexity index is 549. The van der Waals surface area contributed by atoms with Gasteiger partial charge in [-0.3, -0.25) is 0 Å². The van der Waals surface area contributed by atoms with Crippen LogP contribution in [-0.4, -0.2) is 36.9 Å².